The van der Waals surface area contributed by atoms with E-state index in [9.17, 15) is 4.79 Å². The molecule has 0 radical (unpaired) electrons. The van der Waals surface area contributed by atoms with Crippen LogP contribution in [0.3, 0.4) is 0 Å². The number of nitrogens with two attached hydrogens (primary N) is 1. The number of para-hydroxylation sites is 1. The average molecular weight is 252 g/mol. The van der Waals surface area contributed by atoms with Gasteiger partial charge in [0.05, 0.1) is 7.11 Å². The SMILES string of the molecule is COc1ccccc1CCNCCC(N)C(=O)O. The molecule has 0 fully saturated rings. The summed E-state index contributed by atoms with van der Waals surface area (Å²) in [5.41, 5.74) is 6.53. The largest absolute Gasteiger partial charge is 0.496 e. The number of carboxylic acid groups (broad SMARTS) is 1. The summed E-state index contributed by atoms with van der Waals surface area (Å²) in [6.07, 6.45) is 1.27. The molecular weight excluding hydrogens is 232 g/mol. The van der Waals surface area contributed by atoms with E-state index in [1.165, 1.54) is 0 Å². The third-order valence-corrected chi connectivity index (χ3v) is 2.71. The third-order valence-electron chi connectivity index (χ3n) is 2.71. The second-order valence-electron chi connectivity index (χ2n) is 4.05. The van der Waals surface area contributed by atoms with Crippen LogP contribution < -0.4 is 15.8 Å². The Hall–Kier alpha value is -1.59. The van der Waals surface area contributed by atoms with E-state index in [2.05, 4.69) is 5.32 Å². The lowest BCUT2D eigenvalue weighted by Gasteiger charge is -2.10. The lowest BCUT2D eigenvalue weighted by molar-refractivity contribution is -0.138. The zero-order valence-electron chi connectivity index (χ0n) is 10.6. The zero-order valence-corrected chi connectivity index (χ0v) is 10.6. The Kier molecular flexibility index (Phi) is 6.18. The Morgan fingerprint density at radius 1 is 1.44 bits per heavy atom. The van der Waals surface area contributed by atoms with Crippen molar-refractivity contribution in [3.8, 4) is 5.75 Å². The van der Waals surface area contributed by atoms with Crippen molar-refractivity contribution in [2.45, 2.75) is 18.9 Å². The standard InChI is InChI=1S/C13H20N2O3/c1-18-12-5-3-2-4-10(12)6-8-15-9-7-11(14)13(16)17/h2-5,11,15H,6-9,14H2,1H3,(H,16,17). The molecule has 0 bridgehead atoms. The van der Waals surface area contributed by atoms with Gasteiger partial charge < -0.3 is 20.9 Å². The molecule has 1 unspecified atom stereocenters. The van der Waals surface area contributed by atoms with Crippen molar-refractivity contribution in [1.29, 1.82) is 0 Å². The predicted molar refractivity (Wildman–Crippen MR) is 69.8 cm³/mol. The lowest BCUT2D eigenvalue weighted by Crippen LogP contribution is -2.34. The number of methoxy groups -OCH3 is 1. The van der Waals surface area contributed by atoms with Crippen LogP contribution in [-0.4, -0.2) is 37.3 Å². The molecule has 1 atom stereocenters. The fourth-order valence-electron chi connectivity index (χ4n) is 1.64. The molecule has 1 rings (SSSR count). The number of carboxylic acids is 1. The number of hydrogen-bond acceptors (Lipinski definition) is 4. The van der Waals surface area contributed by atoms with Gasteiger partial charge in [0.25, 0.3) is 0 Å². The number of benzene rings is 1. The third kappa shape index (κ3) is 4.73. The molecule has 0 aromatic heterocycles. The van der Waals surface area contributed by atoms with E-state index in [0.717, 1.165) is 24.3 Å². The summed E-state index contributed by atoms with van der Waals surface area (Å²) in [4.78, 5) is 10.5. The van der Waals surface area contributed by atoms with Crippen molar-refractivity contribution in [1.82, 2.24) is 5.32 Å². The minimum Gasteiger partial charge on any atom is -0.496 e. The molecule has 5 heteroatoms. The van der Waals surface area contributed by atoms with E-state index in [4.69, 9.17) is 15.6 Å². The summed E-state index contributed by atoms with van der Waals surface area (Å²) in [6, 6.07) is 7.06. The highest BCUT2D eigenvalue weighted by Crippen LogP contribution is 2.17. The van der Waals surface area contributed by atoms with Crippen LogP contribution in [0.4, 0.5) is 0 Å². The predicted octanol–water partition coefficient (Wildman–Crippen LogP) is 0.629. The van der Waals surface area contributed by atoms with Crippen molar-refractivity contribution < 1.29 is 14.6 Å². The molecule has 0 heterocycles. The van der Waals surface area contributed by atoms with Gasteiger partial charge in [-0.3, -0.25) is 4.79 Å². The van der Waals surface area contributed by atoms with Crippen molar-refractivity contribution in [2.75, 3.05) is 20.2 Å². The topological polar surface area (TPSA) is 84.6 Å². The van der Waals surface area contributed by atoms with Crippen molar-refractivity contribution in [2.24, 2.45) is 5.73 Å². The minimum atomic E-state index is -0.957. The molecular formula is C13H20N2O3. The molecule has 5 nitrogen and oxygen atoms in total. The van der Waals surface area contributed by atoms with Gasteiger partial charge >= 0.3 is 5.97 Å². The highest BCUT2D eigenvalue weighted by Gasteiger charge is 2.09. The Labute approximate surface area is 107 Å². The average Bonchev–Trinajstić information content (AvgIpc) is 2.38. The van der Waals surface area contributed by atoms with E-state index >= 15 is 0 Å². The van der Waals surface area contributed by atoms with Gasteiger partial charge in [-0.05, 0) is 37.6 Å². The highest BCUT2D eigenvalue weighted by atomic mass is 16.5. The van der Waals surface area contributed by atoms with Crippen molar-refractivity contribution >= 4 is 5.97 Å². The summed E-state index contributed by atoms with van der Waals surface area (Å²) >= 11 is 0. The van der Waals surface area contributed by atoms with Crippen LogP contribution in [0.25, 0.3) is 0 Å². The molecule has 18 heavy (non-hydrogen) atoms. The highest BCUT2D eigenvalue weighted by molar-refractivity contribution is 5.72. The lowest BCUT2D eigenvalue weighted by atomic mass is 10.1. The summed E-state index contributed by atoms with van der Waals surface area (Å²) in [5.74, 6) is -0.0805. The van der Waals surface area contributed by atoms with Gasteiger partial charge in [-0.15, -0.1) is 0 Å². The molecule has 1 aromatic rings. The number of hydrogen-bond donors (Lipinski definition) is 3. The molecule has 0 spiro atoms. The Bertz CT molecular complexity index is 382. The quantitative estimate of drug-likeness (QED) is 0.591. The van der Waals surface area contributed by atoms with Gasteiger partial charge in [0.2, 0.25) is 0 Å². The molecule has 0 aliphatic carbocycles. The number of aliphatic carboxylic acids is 1. The van der Waals surface area contributed by atoms with Crippen LogP contribution in [0.2, 0.25) is 0 Å². The molecule has 0 saturated carbocycles. The van der Waals surface area contributed by atoms with Crippen LogP contribution in [0.1, 0.15) is 12.0 Å². The Balaban J connectivity index is 2.24. The summed E-state index contributed by atoms with van der Waals surface area (Å²) in [7, 11) is 1.65. The maximum Gasteiger partial charge on any atom is 0.320 e. The molecule has 0 aliphatic heterocycles. The van der Waals surface area contributed by atoms with Gasteiger partial charge in [0.1, 0.15) is 11.8 Å². The normalized spacial score (nSPS) is 12.1. The van der Waals surface area contributed by atoms with Crippen LogP contribution >= 0.6 is 0 Å². The fraction of sp³-hybridized carbons (Fsp3) is 0.462. The second kappa shape index (κ2) is 7.68. The molecule has 0 aliphatic rings. The van der Waals surface area contributed by atoms with E-state index in [1.807, 2.05) is 24.3 Å². The molecule has 0 amide bonds. The number of carbonyl (C=O) groups is 1. The summed E-state index contributed by atoms with van der Waals surface area (Å²) in [5, 5.41) is 11.8. The first-order valence-corrected chi connectivity index (χ1v) is 5.96. The zero-order chi connectivity index (χ0) is 13.4. The van der Waals surface area contributed by atoms with Crippen molar-refractivity contribution in [3.05, 3.63) is 29.8 Å². The van der Waals surface area contributed by atoms with Crippen molar-refractivity contribution in [3.63, 3.8) is 0 Å². The van der Waals surface area contributed by atoms with Gasteiger partial charge in [0.15, 0.2) is 0 Å². The molecule has 4 N–H and O–H groups in total. The van der Waals surface area contributed by atoms with Gasteiger partial charge in [-0.25, -0.2) is 0 Å². The van der Waals surface area contributed by atoms with Gasteiger partial charge in [-0.1, -0.05) is 18.2 Å². The monoisotopic (exact) mass is 252 g/mol. The number of ether oxygens (including phenoxy) is 1. The van der Waals surface area contributed by atoms with E-state index in [0.29, 0.717) is 13.0 Å². The smallest absolute Gasteiger partial charge is 0.320 e. The Morgan fingerprint density at radius 2 is 2.17 bits per heavy atom. The van der Waals surface area contributed by atoms with Crippen LogP contribution in [-0.2, 0) is 11.2 Å². The Morgan fingerprint density at radius 3 is 2.83 bits per heavy atom. The second-order valence-corrected chi connectivity index (χ2v) is 4.05. The van der Waals surface area contributed by atoms with Gasteiger partial charge in [0, 0.05) is 0 Å². The van der Waals surface area contributed by atoms with Crippen LogP contribution in [0.5, 0.6) is 5.75 Å². The number of nitrogens with one attached hydrogen (secondary N) is 1. The van der Waals surface area contributed by atoms with Crippen LogP contribution in [0.15, 0.2) is 24.3 Å². The molecule has 100 valence electrons. The van der Waals surface area contributed by atoms with E-state index in [1.54, 1.807) is 7.11 Å². The first-order chi connectivity index (χ1) is 8.65. The minimum absolute atomic E-state index is 0.432. The molecule has 1 aromatic carbocycles. The number of rotatable bonds is 8. The summed E-state index contributed by atoms with van der Waals surface area (Å²) < 4.78 is 5.25. The molecule has 0 saturated heterocycles. The fourth-order valence-corrected chi connectivity index (χ4v) is 1.64. The maximum atomic E-state index is 10.5. The van der Waals surface area contributed by atoms with E-state index < -0.39 is 12.0 Å². The first kappa shape index (κ1) is 14.5. The summed E-state index contributed by atoms with van der Waals surface area (Å²) in [6.45, 7) is 1.37. The van der Waals surface area contributed by atoms with Gasteiger partial charge in [-0.2, -0.15) is 0 Å². The maximum absolute atomic E-state index is 10.5. The first-order valence-electron chi connectivity index (χ1n) is 5.96. The van der Waals surface area contributed by atoms with E-state index in [-0.39, 0.29) is 0 Å². The van der Waals surface area contributed by atoms with Crippen LogP contribution in [0, 0.1) is 0 Å².